The highest BCUT2D eigenvalue weighted by Crippen LogP contribution is 2.27. The Morgan fingerprint density at radius 3 is 2.75 bits per heavy atom. The molecule has 1 heterocycles. The monoisotopic (exact) mass is 340 g/mol. The number of nitrogens with one attached hydrogen (secondary N) is 1. The fraction of sp³-hybridized carbons (Fsp3) is 0.625. The maximum Gasteiger partial charge on any atom is 0.120 e. The van der Waals surface area contributed by atoms with Crippen molar-refractivity contribution in [1.82, 2.24) is 10.2 Å². The third-order valence-corrected chi connectivity index (χ3v) is 4.51. The van der Waals surface area contributed by atoms with E-state index in [1.165, 1.54) is 31.5 Å². The molecule has 0 amide bonds. The zero-order valence-electron chi connectivity index (χ0n) is 12.5. The number of ether oxygens (including phenoxy) is 1. The van der Waals surface area contributed by atoms with E-state index < -0.39 is 0 Å². The highest BCUT2D eigenvalue weighted by atomic mass is 79.9. The van der Waals surface area contributed by atoms with Crippen molar-refractivity contribution < 1.29 is 4.74 Å². The summed E-state index contributed by atoms with van der Waals surface area (Å²) in [6.45, 7) is 9.54. The summed E-state index contributed by atoms with van der Waals surface area (Å²) >= 11 is 3.65. The minimum atomic E-state index is 0.355. The van der Waals surface area contributed by atoms with Crippen molar-refractivity contribution in [3.63, 3.8) is 0 Å². The second-order valence-corrected chi connectivity index (χ2v) is 6.21. The standard InChI is InChI=1S/C16H25BrN2O/c1-3-18-13(2)15-7-6-14(12-16(15)17)20-11-10-19-8-4-5-9-19/h6-7,12-13,18H,3-5,8-11H2,1-2H3. The molecule has 2 rings (SSSR count). The summed E-state index contributed by atoms with van der Waals surface area (Å²) < 4.78 is 6.97. The molecule has 1 N–H and O–H groups in total. The molecule has 0 aromatic heterocycles. The van der Waals surface area contributed by atoms with Crippen LogP contribution in [-0.2, 0) is 0 Å². The second-order valence-electron chi connectivity index (χ2n) is 5.36. The molecule has 1 saturated heterocycles. The Morgan fingerprint density at radius 2 is 2.10 bits per heavy atom. The first-order valence-corrected chi connectivity index (χ1v) is 8.38. The summed E-state index contributed by atoms with van der Waals surface area (Å²) in [5.41, 5.74) is 1.28. The van der Waals surface area contributed by atoms with Crippen molar-refractivity contribution in [1.29, 1.82) is 0 Å². The molecule has 0 radical (unpaired) electrons. The van der Waals surface area contributed by atoms with E-state index in [1.807, 2.05) is 0 Å². The normalized spacial score (nSPS) is 17.4. The minimum absolute atomic E-state index is 0.355. The molecule has 4 heteroatoms. The van der Waals surface area contributed by atoms with Gasteiger partial charge in [-0.15, -0.1) is 0 Å². The van der Waals surface area contributed by atoms with Crippen molar-refractivity contribution >= 4 is 15.9 Å². The van der Waals surface area contributed by atoms with Crippen LogP contribution in [0.5, 0.6) is 5.75 Å². The van der Waals surface area contributed by atoms with E-state index in [0.717, 1.165) is 29.9 Å². The number of rotatable bonds is 7. The minimum Gasteiger partial charge on any atom is -0.492 e. The summed E-state index contributed by atoms with van der Waals surface area (Å²) in [5.74, 6) is 0.948. The Morgan fingerprint density at radius 1 is 1.35 bits per heavy atom. The summed E-state index contributed by atoms with van der Waals surface area (Å²) in [6, 6.07) is 6.64. The summed E-state index contributed by atoms with van der Waals surface area (Å²) in [4.78, 5) is 2.47. The van der Waals surface area contributed by atoms with Gasteiger partial charge in [-0.3, -0.25) is 4.90 Å². The molecule has 112 valence electrons. The number of hydrogen-bond donors (Lipinski definition) is 1. The molecule has 0 saturated carbocycles. The van der Waals surface area contributed by atoms with Crippen LogP contribution in [0.25, 0.3) is 0 Å². The number of likely N-dealkylation sites (tertiary alicyclic amines) is 1. The van der Waals surface area contributed by atoms with E-state index in [-0.39, 0.29) is 0 Å². The lowest BCUT2D eigenvalue weighted by molar-refractivity contribution is 0.237. The first-order chi connectivity index (χ1) is 9.70. The number of nitrogens with zero attached hydrogens (tertiary/aromatic N) is 1. The predicted octanol–water partition coefficient (Wildman–Crippen LogP) is 3.59. The lowest BCUT2D eigenvalue weighted by Crippen LogP contribution is -2.25. The molecule has 1 aliphatic heterocycles. The van der Waals surface area contributed by atoms with Crippen LogP contribution < -0.4 is 10.1 Å². The summed E-state index contributed by atoms with van der Waals surface area (Å²) in [5, 5.41) is 3.42. The van der Waals surface area contributed by atoms with Gasteiger partial charge in [-0.2, -0.15) is 0 Å². The highest BCUT2D eigenvalue weighted by Gasteiger charge is 2.12. The van der Waals surface area contributed by atoms with Gasteiger partial charge in [-0.05, 0) is 57.1 Å². The first-order valence-electron chi connectivity index (χ1n) is 7.58. The van der Waals surface area contributed by atoms with Gasteiger partial charge in [-0.1, -0.05) is 28.9 Å². The van der Waals surface area contributed by atoms with Gasteiger partial charge < -0.3 is 10.1 Å². The van der Waals surface area contributed by atoms with Crippen LogP contribution in [0.1, 0.15) is 38.3 Å². The fourth-order valence-corrected chi connectivity index (χ4v) is 3.36. The van der Waals surface area contributed by atoms with Crippen LogP contribution in [0.4, 0.5) is 0 Å². The van der Waals surface area contributed by atoms with Crippen molar-refractivity contribution in [3.8, 4) is 5.75 Å². The van der Waals surface area contributed by atoms with Crippen LogP contribution in [-0.4, -0.2) is 37.7 Å². The third-order valence-electron chi connectivity index (χ3n) is 3.82. The van der Waals surface area contributed by atoms with Gasteiger partial charge in [0.25, 0.3) is 0 Å². The molecule has 1 aliphatic rings. The molecule has 0 aliphatic carbocycles. The molecular weight excluding hydrogens is 316 g/mol. The zero-order valence-corrected chi connectivity index (χ0v) is 14.1. The first kappa shape index (κ1) is 15.8. The molecule has 20 heavy (non-hydrogen) atoms. The van der Waals surface area contributed by atoms with Crippen LogP contribution in [0.2, 0.25) is 0 Å². The zero-order chi connectivity index (χ0) is 14.4. The van der Waals surface area contributed by atoms with Crippen LogP contribution in [0.3, 0.4) is 0 Å². The largest absolute Gasteiger partial charge is 0.492 e. The maximum atomic E-state index is 5.85. The van der Waals surface area contributed by atoms with Gasteiger partial charge in [0.1, 0.15) is 12.4 Å². The average Bonchev–Trinajstić information content (AvgIpc) is 2.92. The molecule has 0 spiro atoms. The van der Waals surface area contributed by atoms with Crippen LogP contribution in [0, 0.1) is 0 Å². The lowest BCUT2D eigenvalue weighted by atomic mass is 10.1. The molecule has 1 aromatic carbocycles. The molecule has 3 nitrogen and oxygen atoms in total. The quantitative estimate of drug-likeness (QED) is 0.820. The Labute approximate surface area is 130 Å². The van der Waals surface area contributed by atoms with Crippen molar-refractivity contribution in [2.45, 2.75) is 32.7 Å². The van der Waals surface area contributed by atoms with Gasteiger partial charge >= 0.3 is 0 Å². The van der Waals surface area contributed by atoms with Crippen LogP contribution in [0.15, 0.2) is 22.7 Å². The Balaban J connectivity index is 1.84. The van der Waals surface area contributed by atoms with E-state index in [1.54, 1.807) is 0 Å². The van der Waals surface area contributed by atoms with Crippen LogP contribution >= 0.6 is 15.9 Å². The average molecular weight is 341 g/mol. The predicted molar refractivity (Wildman–Crippen MR) is 87.4 cm³/mol. The SMILES string of the molecule is CCNC(C)c1ccc(OCCN2CCCC2)cc1Br. The van der Waals surface area contributed by atoms with Crippen molar-refractivity contribution in [2.24, 2.45) is 0 Å². The number of halogens is 1. The maximum absolute atomic E-state index is 5.85. The van der Waals surface area contributed by atoms with E-state index in [4.69, 9.17) is 4.74 Å². The Kier molecular flexibility index (Phi) is 6.33. The van der Waals surface area contributed by atoms with E-state index in [9.17, 15) is 0 Å². The number of benzene rings is 1. The summed E-state index contributed by atoms with van der Waals surface area (Å²) in [7, 11) is 0. The van der Waals surface area contributed by atoms with E-state index >= 15 is 0 Å². The van der Waals surface area contributed by atoms with Gasteiger partial charge in [0.15, 0.2) is 0 Å². The topological polar surface area (TPSA) is 24.5 Å². The molecule has 1 fully saturated rings. The van der Waals surface area contributed by atoms with E-state index in [0.29, 0.717) is 6.04 Å². The molecule has 0 bridgehead atoms. The van der Waals surface area contributed by atoms with Gasteiger partial charge in [0.05, 0.1) is 0 Å². The smallest absolute Gasteiger partial charge is 0.120 e. The van der Waals surface area contributed by atoms with Gasteiger partial charge in [0, 0.05) is 17.1 Å². The molecule has 1 unspecified atom stereocenters. The van der Waals surface area contributed by atoms with Gasteiger partial charge in [0.2, 0.25) is 0 Å². The molecular formula is C16H25BrN2O. The van der Waals surface area contributed by atoms with Gasteiger partial charge in [-0.25, -0.2) is 0 Å². The lowest BCUT2D eigenvalue weighted by Gasteiger charge is -2.17. The number of hydrogen-bond acceptors (Lipinski definition) is 3. The molecule has 1 aromatic rings. The Bertz CT molecular complexity index is 419. The highest BCUT2D eigenvalue weighted by molar-refractivity contribution is 9.10. The Hall–Kier alpha value is -0.580. The molecule has 1 atom stereocenters. The summed E-state index contributed by atoms with van der Waals surface area (Å²) in [6.07, 6.45) is 2.67. The van der Waals surface area contributed by atoms with Crippen molar-refractivity contribution in [2.75, 3.05) is 32.8 Å². The second kappa shape index (κ2) is 8.01. The van der Waals surface area contributed by atoms with E-state index in [2.05, 4.69) is 58.2 Å². The third kappa shape index (κ3) is 4.47. The fourth-order valence-electron chi connectivity index (χ4n) is 2.66. The van der Waals surface area contributed by atoms with Crippen molar-refractivity contribution in [3.05, 3.63) is 28.2 Å².